The van der Waals surface area contributed by atoms with Crippen LogP contribution in [-0.4, -0.2) is 87.2 Å². The van der Waals surface area contributed by atoms with Crippen LogP contribution in [0.15, 0.2) is 37.4 Å². The van der Waals surface area contributed by atoms with Crippen LogP contribution in [0.25, 0.3) is 0 Å². The van der Waals surface area contributed by atoms with Gasteiger partial charge in [-0.3, -0.25) is 0 Å². The third kappa shape index (κ3) is 8.40. The zero-order valence-electron chi connectivity index (χ0n) is 30.6. The predicted molar refractivity (Wildman–Crippen MR) is 193 cm³/mol. The van der Waals surface area contributed by atoms with Gasteiger partial charge in [0.2, 0.25) is 0 Å². The molecule has 8 fully saturated rings. The second kappa shape index (κ2) is 16.2. The number of rotatable bonds is 20. The van der Waals surface area contributed by atoms with Crippen LogP contribution < -0.4 is 9.47 Å². The highest BCUT2D eigenvalue weighted by atomic mass is 16.6. The van der Waals surface area contributed by atoms with Crippen LogP contribution in [0.3, 0.4) is 0 Å². The molecule has 0 aromatic heterocycles. The maximum atomic E-state index is 11.3. The molecule has 10 heteroatoms. The first kappa shape index (κ1) is 37.4. The van der Waals surface area contributed by atoms with Crippen molar-refractivity contribution in [2.75, 3.05) is 52.9 Å². The van der Waals surface area contributed by atoms with Gasteiger partial charge < -0.3 is 38.6 Å². The molecule has 0 radical (unpaired) electrons. The van der Waals surface area contributed by atoms with Gasteiger partial charge in [0.05, 0.1) is 26.4 Å². The smallest absolute Gasteiger partial charge is 0.330 e. The molecular weight excluding hydrogens is 664 g/mol. The molecule has 52 heavy (non-hydrogen) atoms. The third-order valence-electron chi connectivity index (χ3n) is 13.1. The predicted octanol–water partition coefficient (Wildman–Crippen LogP) is 5.59. The summed E-state index contributed by atoms with van der Waals surface area (Å²) in [5.41, 5.74) is 3.20. The number of carbonyl (C=O) groups is 2. The van der Waals surface area contributed by atoms with Gasteiger partial charge in [-0.1, -0.05) is 13.2 Å². The number of esters is 2. The van der Waals surface area contributed by atoms with Gasteiger partial charge in [0.15, 0.2) is 11.5 Å². The molecule has 9 rings (SSSR count). The lowest BCUT2D eigenvalue weighted by atomic mass is 9.44. The van der Waals surface area contributed by atoms with Crippen molar-refractivity contribution < 1.29 is 48.2 Å². The zero-order chi connectivity index (χ0) is 36.3. The fourth-order valence-electron chi connectivity index (χ4n) is 12.0. The quantitative estimate of drug-likeness (QED) is 0.0998. The fourth-order valence-corrected chi connectivity index (χ4v) is 12.0. The van der Waals surface area contributed by atoms with Gasteiger partial charge in [0, 0.05) is 12.2 Å². The van der Waals surface area contributed by atoms with E-state index in [-0.39, 0.29) is 63.7 Å². The van der Waals surface area contributed by atoms with Crippen molar-refractivity contribution in [3.63, 3.8) is 0 Å². The molecule has 8 aliphatic carbocycles. The maximum absolute atomic E-state index is 11.3. The van der Waals surface area contributed by atoms with Gasteiger partial charge in [-0.25, -0.2) is 9.59 Å². The number of hydrogen-bond donors (Lipinski definition) is 2. The summed E-state index contributed by atoms with van der Waals surface area (Å²) < 4.78 is 33.9. The number of carbonyl (C=O) groups excluding carboxylic acids is 2. The van der Waals surface area contributed by atoms with E-state index in [2.05, 4.69) is 25.3 Å². The van der Waals surface area contributed by atoms with Crippen LogP contribution in [0, 0.1) is 35.5 Å². The first-order chi connectivity index (χ1) is 25.2. The van der Waals surface area contributed by atoms with Gasteiger partial charge >= 0.3 is 11.9 Å². The molecule has 10 nitrogen and oxygen atoms in total. The van der Waals surface area contributed by atoms with Gasteiger partial charge in [-0.2, -0.15) is 0 Å². The largest absolute Gasteiger partial charge is 0.487 e. The molecular formula is C42H58O10. The average molecular weight is 723 g/mol. The fraction of sp³-hybridized carbons (Fsp3) is 0.714. The van der Waals surface area contributed by atoms with E-state index in [0.29, 0.717) is 11.5 Å². The van der Waals surface area contributed by atoms with Crippen molar-refractivity contribution in [2.45, 2.75) is 100 Å². The Kier molecular flexibility index (Phi) is 11.7. The monoisotopic (exact) mass is 722 g/mol. The summed E-state index contributed by atoms with van der Waals surface area (Å²) in [5, 5.41) is 21.7. The molecule has 0 amide bonds. The first-order valence-electron chi connectivity index (χ1n) is 19.7. The van der Waals surface area contributed by atoms with E-state index in [1.54, 1.807) is 0 Å². The van der Waals surface area contributed by atoms with Crippen molar-refractivity contribution in [1.82, 2.24) is 0 Å². The van der Waals surface area contributed by atoms with Gasteiger partial charge in [0.25, 0.3) is 0 Å². The minimum absolute atomic E-state index is 0.00503. The molecule has 0 aliphatic heterocycles. The minimum atomic E-state index is -0.914. The van der Waals surface area contributed by atoms with E-state index in [1.807, 2.05) is 0 Å². The number of aliphatic hydroxyl groups excluding tert-OH is 2. The van der Waals surface area contributed by atoms with Crippen molar-refractivity contribution in [3.05, 3.63) is 48.6 Å². The van der Waals surface area contributed by atoms with Crippen LogP contribution >= 0.6 is 0 Å². The highest BCUT2D eigenvalue weighted by Gasteiger charge is 2.57. The van der Waals surface area contributed by atoms with Crippen LogP contribution in [0.1, 0.15) is 88.2 Å². The summed E-state index contributed by atoms with van der Waals surface area (Å²) in [6, 6.07) is 4.55. The number of ether oxygens (including phenoxy) is 6. The highest BCUT2D eigenvalue weighted by molar-refractivity contribution is 5.81. The van der Waals surface area contributed by atoms with Crippen molar-refractivity contribution in [1.29, 1.82) is 0 Å². The molecule has 0 spiro atoms. The second-order valence-electron chi connectivity index (χ2n) is 17.1. The summed E-state index contributed by atoms with van der Waals surface area (Å²) in [4.78, 5) is 22.6. The van der Waals surface area contributed by atoms with E-state index >= 15 is 0 Å². The standard InChI is InChI=1S/C42H58O10/c1-3-39(45)49-7-5-47-23-33(43)25-51-37-15-35(41-17-27-9-28(18-41)11-29(10-27)19-41)36(42-20-30-12-31(21-42)14-32(13-30)22-42)16-38(37)52-26-34(44)24-48-6-8-50-40(46)4-2/h3-4,15-16,27-34,43-44H,1-2,5-14,17-26H2. The van der Waals surface area contributed by atoms with Gasteiger partial charge in [-0.05, 0) is 147 Å². The molecule has 1 aromatic rings. The molecule has 2 unspecified atom stereocenters. The summed E-state index contributed by atoms with van der Waals surface area (Å²) in [7, 11) is 0. The molecule has 0 heterocycles. The van der Waals surface area contributed by atoms with E-state index in [4.69, 9.17) is 28.4 Å². The Bertz CT molecular complexity index is 1270. The zero-order valence-corrected chi connectivity index (χ0v) is 30.6. The summed E-state index contributed by atoms with van der Waals surface area (Å²) >= 11 is 0. The molecule has 286 valence electrons. The third-order valence-corrected chi connectivity index (χ3v) is 13.1. The number of hydrogen-bond acceptors (Lipinski definition) is 10. The maximum Gasteiger partial charge on any atom is 0.330 e. The summed E-state index contributed by atoms with van der Waals surface area (Å²) in [6.07, 6.45) is 16.0. The van der Waals surface area contributed by atoms with Crippen molar-refractivity contribution >= 4 is 11.9 Å². The van der Waals surface area contributed by atoms with Crippen LogP contribution in [0.4, 0.5) is 0 Å². The Morgan fingerprint density at radius 1 is 0.596 bits per heavy atom. The van der Waals surface area contributed by atoms with E-state index in [0.717, 1.165) is 47.7 Å². The molecule has 2 N–H and O–H groups in total. The summed E-state index contributed by atoms with van der Waals surface area (Å²) in [6.45, 7) is 7.25. The van der Waals surface area contributed by atoms with Crippen LogP contribution in [0.5, 0.6) is 11.5 Å². The Balaban J connectivity index is 1.13. The molecule has 1 aromatic carbocycles. The van der Waals surface area contributed by atoms with E-state index in [9.17, 15) is 19.8 Å². The SMILES string of the molecule is C=CC(=O)OCCOCC(O)COc1cc(C23CC4CC(CC(C4)C2)C3)c(C23CC4CC(CC(C4)C2)C3)cc1OCC(O)COCCOC(=O)C=C. The highest BCUT2D eigenvalue weighted by Crippen LogP contribution is 2.66. The van der Waals surface area contributed by atoms with E-state index in [1.165, 1.54) is 88.2 Å². The van der Waals surface area contributed by atoms with Gasteiger partial charge in [0.1, 0.15) is 38.6 Å². The van der Waals surface area contributed by atoms with Crippen LogP contribution in [-0.2, 0) is 39.4 Å². The molecule has 0 saturated heterocycles. The molecule has 2 atom stereocenters. The molecule has 8 aliphatic rings. The second-order valence-corrected chi connectivity index (χ2v) is 17.1. The Hall–Kier alpha value is -2.92. The number of benzene rings is 1. The van der Waals surface area contributed by atoms with E-state index < -0.39 is 24.1 Å². The molecule has 8 bridgehead atoms. The van der Waals surface area contributed by atoms with Crippen molar-refractivity contribution in [3.8, 4) is 11.5 Å². The lowest BCUT2D eigenvalue weighted by Crippen LogP contribution is -2.52. The first-order valence-corrected chi connectivity index (χ1v) is 19.7. The van der Waals surface area contributed by atoms with Crippen molar-refractivity contribution in [2.24, 2.45) is 35.5 Å². The molecule has 8 saturated carbocycles. The summed E-state index contributed by atoms with van der Waals surface area (Å²) in [5.74, 6) is 4.87. The Morgan fingerprint density at radius 3 is 1.23 bits per heavy atom. The average Bonchev–Trinajstić information content (AvgIpc) is 3.11. The minimum Gasteiger partial charge on any atom is -0.487 e. The normalized spacial score (nSPS) is 33.3. The Morgan fingerprint density at radius 2 is 0.923 bits per heavy atom. The van der Waals surface area contributed by atoms with Crippen LogP contribution in [0.2, 0.25) is 0 Å². The number of aliphatic hydroxyl groups is 2. The lowest BCUT2D eigenvalue weighted by Gasteiger charge is -2.61. The lowest BCUT2D eigenvalue weighted by molar-refractivity contribution is -0.140. The van der Waals surface area contributed by atoms with Gasteiger partial charge in [-0.15, -0.1) is 0 Å². The Labute approximate surface area is 308 Å². The topological polar surface area (TPSA) is 130 Å².